The number of pyridine rings is 1. The molecule has 2 rings (SSSR count). The number of nitrogens with zero attached hydrogens (tertiary/aromatic N) is 1. The number of rotatable bonds is 7. The Morgan fingerprint density at radius 3 is 2.73 bits per heavy atom. The van der Waals surface area contributed by atoms with Gasteiger partial charge in [-0.1, -0.05) is 18.2 Å². The molecule has 116 valence electrons. The normalized spacial score (nSPS) is 11.9. The predicted molar refractivity (Wildman–Crippen MR) is 84.8 cm³/mol. The third-order valence-electron chi connectivity index (χ3n) is 3.01. The number of hydrogen-bond donors (Lipinski definition) is 2. The molecule has 1 unspecified atom stereocenters. The zero-order valence-corrected chi connectivity index (χ0v) is 12.7. The first-order chi connectivity index (χ1) is 10.7. The Bertz CT molecular complexity index is 610. The fourth-order valence-electron chi connectivity index (χ4n) is 1.86. The summed E-state index contributed by atoms with van der Waals surface area (Å²) in [7, 11) is 0. The van der Waals surface area contributed by atoms with Crippen molar-refractivity contribution in [3.63, 3.8) is 0 Å². The maximum Gasteiger partial charge on any atom is 0.230 e. The van der Waals surface area contributed by atoms with E-state index in [9.17, 15) is 14.3 Å². The van der Waals surface area contributed by atoms with Gasteiger partial charge in [-0.2, -0.15) is 0 Å². The second-order valence-electron chi connectivity index (χ2n) is 4.69. The summed E-state index contributed by atoms with van der Waals surface area (Å²) in [5.74, 6) is 0.337. The summed E-state index contributed by atoms with van der Waals surface area (Å²) in [6.45, 7) is -0.00438. The average molecular weight is 320 g/mol. The van der Waals surface area contributed by atoms with E-state index in [1.165, 1.54) is 23.9 Å². The van der Waals surface area contributed by atoms with Crippen LogP contribution in [0.25, 0.3) is 0 Å². The molecule has 0 spiro atoms. The maximum absolute atomic E-state index is 13.5. The molecule has 1 amide bonds. The minimum Gasteiger partial charge on any atom is -0.386 e. The first kappa shape index (κ1) is 16.5. The molecule has 1 heterocycles. The van der Waals surface area contributed by atoms with Crippen LogP contribution in [0, 0.1) is 5.82 Å². The lowest BCUT2D eigenvalue weighted by Gasteiger charge is -2.13. The van der Waals surface area contributed by atoms with E-state index in [4.69, 9.17) is 0 Å². The van der Waals surface area contributed by atoms with Crippen LogP contribution in [0.3, 0.4) is 0 Å². The standard InChI is InChI=1S/C16H17FN2O2S/c17-14-4-2-1-3-13(14)15(20)9-19-16(21)11-22-10-12-5-7-18-8-6-12/h1-8,15,20H,9-11H2,(H,19,21). The zero-order valence-electron chi connectivity index (χ0n) is 11.9. The third-order valence-corrected chi connectivity index (χ3v) is 4.01. The van der Waals surface area contributed by atoms with Gasteiger partial charge in [0.05, 0.1) is 11.9 Å². The van der Waals surface area contributed by atoms with Gasteiger partial charge in [0, 0.05) is 30.3 Å². The lowest BCUT2D eigenvalue weighted by Crippen LogP contribution is -2.30. The first-order valence-electron chi connectivity index (χ1n) is 6.82. The summed E-state index contributed by atoms with van der Waals surface area (Å²) in [6, 6.07) is 9.78. The van der Waals surface area contributed by atoms with Crippen molar-refractivity contribution >= 4 is 17.7 Å². The molecule has 0 bridgehead atoms. The van der Waals surface area contributed by atoms with Gasteiger partial charge < -0.3 is 10.4 Å². The number of benzene rings is 1. The summed E-state index contributed by atoms with van der Waals surface area (Å²) < 4.78 is 13.5. The van der Waals surface area contributed by atoms with Gasteiger partial charge >= 0.3 is 0 Å². The fourth-order valence-corrected chi connectivity index (χ4v) is 2.68. The predicted octanol–water partition coefficient (Wildman–Crippen LogP) is 2.30. The van der Waals surface area contributed by atoms with Crippen molar-refractivity contribution in [3.05, 3.63) is 65.7 Å². The van der Waals surface area contributed by atoms with Gasteiger partial charge in [-0.25, -0.2) is 4.39 Å². The zero-order chi connectivity index (χ0) is 15.8. The molecule has 0 aliphatic rings. The van der Waals surface area contributed by atoms with Crippen molar-refractivity contribution in [3.8, 4) is 0 Å². The Morgan fingerprint density at radius 1 is 1.27 bits per heavy atom. The van der Waals surface area contributed by atoms with Crippen LogP contribution in [0.5, 0.6) is 0 Å². The van der Waals surface area contributed by atoms with E-state index in [2.05, 4.69) is 10.3 Å². The molecule has 0 fully saturated rings. The number of carbonyl (C=O) groups excluding carboxylic acids is 1. The van der Waals surface area contributed by atoms with E-state index in [-0.39, 0.29) is 23.8 Å². The van der Waals surface area contributed by atoms with Crippen molar-refractivity contribution in [2.45, 2.75) is 11.9 Å². The molecule has 22 heavy (non-hydrogen) atoms. The first-order valence-corrected chi connectivity index (χ1v) is 7.98. The van der Waals surface area contributed by atoms with Gasteiger partial charge in [0.25, 0.3) is 0 Å². The van der Waals surface area contributed by atoms with Crippen LogP contribution in [-0.2, 0) is 10.5 Å². The molecule has 0 aliphatic carbocycles. The highest BCUT2D eigenvalue weighted by Crippen LogP contribution is 2.16. The fraction of sp³-hybridized carbons (Fsp3) is 0.250. The number of amides is 1. The largest absolute Gasteiger partial charge is 0.386 e. The van der Waals surface area contributed by atoms with Crippen molar-refractivity contribution in [1.82, 2.24) is 10.3 Å². The second-order valence-corrected chi connectivity index (χ2v) is 5.68. The van der Waals surface area contributed by atoms with Crippen molar-refractivity contribution < 1.29 is 14.3 Å². The topological polar surface area (TPSA) is 62.2 Å². The number of aliphatic hydroxyl groups is 1. The summed E-state index contributed by atoms with van der Waals surface area (Å²) >= 11 is 1.47. The Kier molecular flexibility index (Phi) is 6.36. The van der Waals surface area contributed by atoms with E-state index in [1.54, 1.807) is 24.5 Å². The molecular weight excluding hydrogens is 303 g/mol. The highest BCUT2D eigenvalue weighted by atomic mass is 32.2. The summed E-state index contributed by atoms with van der Waals surface area (Å²) in [5, 5.41) is 12.5. The van der Waals surface area contributed by atoms with Gasteiger partial charge in [0.15, 0.2) is 0 Å². The Hall–Kier alpha value is -1.92. The Labute approximate surface area is 132 Å². The molecule has 0 radical (unpaired) electrons. The van der Waals surface area contributed by atoms with Crippen LogP contribution >= 0.6 is 11.8 Å². The number of thioether (sulfide) groups is 1. The number of hydrogen-bond acceptors (Lipinski definition) is 4. The molecular formula is C16H17FN2O2S. The van der Waals surface area contributed by atoms with Gasteiger partial charge in [-0.3, -0.25) is 9.78 Å². The quantitative estimate of drug-likeness (QED) is 0.822. The van der Waals surface area contributed by atoms with Crippen LogP contribution < -0.4 is 5.32 Å². The maximum atomic E-state index is 13.5. The van der Waals surface area contributed by atoms with Gasteiger partial charge in [-0.05, 0) is 23.8 Å². The number of carbonyl (C=O) groups is 1. The number of aromatic nitrogens is 1. The third kappa shape index (κ3) is 5.13. The minimum atomic E-state index is -1.05. The SMILES string of the molecule is O=C(CSCc1ccncc1)NCC(O)c1ccccc1F. The average Bonchev–Trinajstić information content (AvgIpc) is 2.54. The van der Waals surface area contributed by atoms with Crippen LogP contribution in [0.4, 0.5) is 4.39 Å². The summed E-state index contributed by atoms with van der Waals surface area (Å²) in [5.41, 5.74) is 1.28. The number of aliphatic hydroxyl groups excluding tert-OH is 1. The van der Waals surface area contributed by atoms with Crippen LogP contribution in [0.15, 0.2) is 48.8 Å². The highest BCUT2D eigenvalue weighted by molar-refractivity contribution is 7.99. The smallest absolute Gasteiger partial charge is 0.230 e. The van der Waals surface area contributed by atoms with Crippen LogP contribution in [0.2, 0.25) is 0 Å². The minimum absolute atomic E-state index is 0.00438. The molecule has 4 nitrogen and oxygen atoms in total. The molecule has 1 aromatic heterocycles. The van der Waals surface area contributed by atoms with Gasteiger partial charge in [-0.15, -0.1) is 11.8 Å². The lowest BCUT2D eigenvalue weighted by atomic mass is 10.1. The van der Waals surface area contributed by atoms with Crippen LogP contribution in [-0.4, -0.2) is 28.3 Å². The molecule has 1 aromatic carbocycles. The molecule has 0 aliphatic heterocycles. The number of halogens is 1. The monoisotopic (exact) mass is 320 g/mol. The van der Waals surface area contributed by atoms with E-state index in [0.717, 1.165) is 5.56 Å². The second kappa shape index (κ2) is 8.51. The van der Waals surface area contributed by atoms with E-state index >= 15 is 0 Å². The highest BCUT2D eigenvalue weighted by Gasteiger charge is 2.13. The lowest BCUT2D eigenvalue weighted by molar-refractivity contribution is -0.119. The van der Waals surface area contributed by atoms with Crippen molar-refractivity contribution in [1.29, 1.82) is 0 Å². The van der Waals surface area contributed by atoms with Crippen LogP contribution in [0.1, 0.15) is 17.2 Å². The van der Waals surface area contributed by atoms with E-state index < -0.39 is 11.9 Å². The molecule has 2 N–H and O–H groups in total. The van der Waals surface area contributed by atoms with Gasteiger partial charge in [0.1, 0.15) is 5.82 Å². The molecule has 1 atom stereocenters. The Balaban J connectivity index is 1.70. The Morgan fingerprint density at radius 2 is 2.00 bits per heavy atom. The van der Waals surface area contributed by atoms with Crippen molar-refractivity contribution in [2.24, 2.45) is 0 Å². The molecule has 2 aromatic rings. The molecule has 0 saturated carbocycles. The van der Waals surface area contributed by atoms with E-state index in [1.807, 2.05) is 12.1 Å². The van der Waals surface area contributed by atoms with Gasteiger partial charge in [0.2, 0.25) is 5.91 Å². The number of nitrogens with one attached hydrogen (secondary N) is 1. The van der Waals surface area contributed by atoms with Crippen molar-refractivity contribution in [2.75, 3.05) is 12.3 Å². The molecule has 0 saturated heterocycles. The summed E-state index contributed by atoms with van der Waals surface area (Å²) in [6.07, 6.45) is 2.37. The van der Waals surface area contributed by atoms with E-state index in [0.29, 0.717) is 5.75 Å². The summed E-state index contributed by atoms with van der Waals surface area (Å²) in [4.78, 5) is 15.6. The molecule has 6 heteroatoms.